The Balaban J connectivity index is 1.79. The molecular weight excluding hydrogens is 594 g/mol. The van der Waals surface area contributed by atoms with Gasteiger partial charge in [-0.1, -0.05) is 22.0 Å². The Kier molecular flexibility index (Phi) is 10.1. The summed E-state index contributed by atoms with van der Waals surface area (Å²) in [5.41, 5.74) is 3.44. The normalized spacial score (nSPS) is 20.2. The third-order valence-electron chi connectivity index (χ3n) is 7.54. The smallest absolute Gasteiger partial charge is 0.315 e. The van der Waals surface area contributed by atoms with Crippen LogP contribution in [0.15, 0.2) is 51.1 Å². The van der Waals surface area contributed by atoms with Crippen LogP contribution in [0.3, 0.4) is 0 Å². The van der Waals surface area contributed by atoms with Gasteiger partial charge in [0.05, 0.1) is 35.0 Å². The number of methoxy groups -OCH3 is 4. The van der Waals surface area contributed by atoms with Crippen LogP contribution in [0.5, 0.6) is 23.0 Å². The Morgan fingerprint density at radius 2 is 1.59 bits per heavy atom. The molecule has 0 amide bonds. The fourth-order valence-corrected chi connectivity index (χ4v) is 6.16. The fourth-order valence-electron chi connectivity index (χ4n) is 5.59. The van der Waals surface area contributed by atoms with Crippen molar-refractivity contribution in [3.05, 3.63) is 57.2 Å². The van der Waals surface area contributed by atoms with Gasteiger partial charge in [-0.25, -0.2) is 0 Å². The van der Waals surface area contributed by atoms with Gasteiger partial charge >= 0.3 is 5.97 Å². The van der Waals surface area contributed by atoms with E-state index in [1.165, 1.54) is 0 Å². The van der Waals surface area contributed by atoms with Crippen LogP contribution in [0.4, 0.5) is 0 Å². The van der Waals surface area contributed by atoms with Crippen molar-refractivity contribution < 1.29 is 38.0 Å². The zero-order valence-electron chi connectivity index (χ0n) is 24.2. The van der Waals surface area contributed by atoms with Crippen LogP contribution in [0, 0.1) is 5.92 Å². The molecule has 3 atom stereocenters. The van der Waals surface area contributed by atoms with E-state index in [1.807, 2.05) is 38.1 Å². The van der Waals surface area contributed by atoms with E-state index in [2.05, 4.69) is 15.9 Å². The lowest BCUT2D eigenvalue weighted by atomic mass is 9.69. The van der Waals surface area contributed by atoms with E-state index < -0.39 is 17.8 Å². The molecule has 0 saturated carbocycles. The molecule has 2 aromatic carbocycles. The number of nitrogens with zero attached hydrogens (tertiary/aromatic N) is 1. The molecule has 41 heavy (non-hydrogen) atoms. The van der Waals surface area contributed by atoms with Crippen molar-refractivity contribution in [2.45, 2.75) is 38.5 Å². The third-order valence-corrected chi connectivity index (χ3v) is 8.22. The van der Waals surface area contributed by atoms with Gasteiger partial charge in [0.25, 0.3) is 0 Å². The number of carbonyl (C=O) groups is 2. The largest absolute Gasteiger partial charge is 0.493 e. The molecule has 220 valence electrons. The monoisotopic (exact) mass is 629 g/mol. The number of allylic oxidation sites excluding steroid dienone is 2. The first-order chi connectivity index (χ1) is 19.8. The summed E-state index contributed by atoms with van der Waals surface area (Å²) >= 11 is 3.66. The lowest BCUT2D eigenvalue weighted by Crippen LogP contribution is -2.38. The Morgan fingerprint density at radius 3 is 2.24 bits per heavy atom. The van der Waals surface area contributed by atoms with Crippen molar-refractivity contribution in [2.75, 3.05) is 48.3 Å². The molecule has 0 bridgehead atoms. The molecule has 9 nitrogen and oxygen atoms in total. The van der Waals surface area contributed by atoms with Crippen LogP contribution in [-0.4, -0.2) is 65.7 Å². The first kappa shape index (κ1) is 30.6. The van der Waals surface area contributed by atoms with Crippen molar-refractivity contribution >= 4 is 33.4 Å². The quantitative estimate of drug-likeness (QED) is 0.232. The summed E-state index contributed by atoms with van der Waals surface area (Å²) in [6, 6.07) is 9.29. The molecule has 1 aliphatic carbocycles. The van der Waals surface area contributed by atoms with E-state index in [9.17, 15) is 9.59 Å². The molecule has 1 heterocycles. The van der Waals surface area contributed by atoms with E-state index in [0.717, 1.165) is 5.56 Å². The van der Waals surface area contributed by atoms with Crippen molar-refractivity contribution in [3.8, 4) is 23.0 Å². The van der Waals surface area contributed by atoms with Gasteiger partial charge in [-0.3, -0.25) is 14.6 Å². The summed E-state index contributed by atoms with van der Waals surface area (Å²) in [7, 11) is 6.28. The SMILES string of the molecule is CCOCCOC(=O)C1C(C)=NC2=C(C(=O)C[C@@H](c3ccc(OC)c(OC)c3)C2)[C@H]1c1cc(OC)c(OC)cc1Br. The Labute approximate surface area is 248 Å². The minimum absolute atomic E-state index is 0.0684. The predicted octanol–water partition coefficient (Wildman–Crippen LogP) is 5.64. The maximum Gasteiger partial charge on any atom is 0.315 e. The molecule has 0 radical (unpaired) electrons. The lowest BCUT2D eigenvalue weighted by Gasteiger charge is -2.37. The summed E-state index contributed by atoms with van der Waals surface area (Å²) in [5.74, 6) is 0.167. The Morgan fingerprint density at radius 1 is 0.927 bits per heavy atom. The molecule has 0 fully saturated rings. The molecule has 0 saturated heterocycles. The maximum atomic E-state index is 14.0. The standard InChI is InChI=1S/C31H36BrNO8/c1-7-40-10-11-41-31(35)28-17(2)33-22-12-19(18-8-9-24(36-3)25(14-18)37-4)13-23(34)30(22)29(28)20-15-26(38-5)27(39-6)16-21(20)32/h8-9,14-16,19,28-29H,7,10-13H2,1-6H3/t19-,28?,29-/m0/s1. The zero-order valence-corrected chi connectivity index (χ0v) is 25.8. The molecule has 0 aromatic heterocycles. The Bertz CT molecular complexity index is 1370. The van der Waals surface area contributed by atoms with Crippen molar-refractivity contribution in [1.82, 2.24) is 0 Å². The molecule has 4 rings (SSSR count). The van der Waals surface area contributed by atoms with Crippen LogP contribution in [0.25, 0.3) is 0 Å². The highest BCUT2D eigenvalue weighted by Gasteiger charge is 2.45. The van der Waals surface area contributed by atoms with Crippen molar-refractivity contribution in [2.24, 2.45) is 10.9 Å². The van der Waals surface area contributed by atoms with Gasteiger partial charge in [-0.15, -0.1) is 0 Å². The second kappa shape index (κ2) is 13.5. The summed E-state index contributed by atoms with van der Waals surface area (Å²) in [6.07, 6.45) is 0.789. The van der Waals surface area contributed by atoms with Gasteiger partial charge in [0, 0.05) is 40.4 Å². The number of aliphatic imine (C=N–C) groups is 1. The van der Waals surface area contributed by atoms with Crippen LogP contribution >= 0.6 is 15.9 Å². The van der Waals surface area contributed by atoms with Gasteiger partial charge < -0.3 is 28.4 Å². The number of hydrogen-bond donors (Lipinski definition) is 0. The van der Waals surface area contributed by atoms with Gasteiger partial charge in [0.2, 0.25) is 0 Å². The second-order valence-corrected chi connectivity index (χ2v) is 10.7. The average molecular weight is 631 g/mol. The summed E-state index contributed by atoms with van der Waals surface area (Å²) in [4.78, 5) is 32.4. The highest BCUT2D eigenvalue weighted by molar-refractivity contribution is 9.10. The summed E-state index contributed by atoms with van der Waals surface area (Å²) in [6.45, 7) is 4.61. The number of carbonyl (C=O) groups excluding carboxylic acids is 2. The molecule has 10 heteroatoms. The number of esters is 1. The summed E-state index contributed by atoms with van der Waals surface area (Å²) < 4.78 is 33.6. The van der Waals surface area contributed by atoms with E-state index >= 15 is 0 Å². The summed E-state index contributed by atoms with van der Waals surface area (Å²) in [5, 5.41) is 0. The van der Waals surface area contributed by atoms with Crippen molar-refractivity contribution in [1.29, 1.82) is 0 Å². The molecule has 1 aliphatic heterocycles. The number of rotatable bonds is 11. The van der Waals surface area contributed by atoms with Gasteiger partial charge in [-0.2, -0.15) is 0 Å². The predicted molar refractivity (Wildman–Crippen MR) is 158 cm³/mol. The molecule has 1 unspecified atom stereocenters. The highest BCUT2D eigenvalue weighted by Crippen LogP contribution is 2.50. The maximum absolute atomic E-state index is 14.0. The highest BCUT2D eigenvalue weighted by atomic mass is 79.9. The van der Waals surface area contributed by atoms with Crippen molar-refractivity contribution in [3.63, 3.8) is 0 Å². The van der Waals surface area contributed by atoms with Crippen LogP contribution < -0.4 is 18.9 Å². The van der Waals surface area contributed by atoms with E-state index in [4.69, 9.17) is 33.4 Å². The number of ketones is 1. The third kappa shape index (κ3) is 6.28. The minimum atomic E-state index is -0.800. The lowest BCUT2D eigenvalue weighted by molar-refractivity contribution is -0.148. The van der Waals surface area contributed by atoms with E-state index in [-0.39, 0.29) is 31.3 Å². The van der Waals surface area contributed by atoms with Gasteiger partial charge in [0.15, 0.2) is 28.8 Å². The minimum Gasteiger partial charge on any atom is -0.493 e. The zero-order chi connectivity index (χ0) is 29.7. The number of benzene rings is 2. The first-order valence-corrected chi connectivity index (χ1v) is 14.3. The first-order valence-electron chi connectivity index (χ1n) is 13.5. The van der Waals surface area contributed by atoms with E-state index in [1.54, 1.807) is 34.5 Å². The van der Waals surface area contributed by atoms with Crippen LogP contribution in [-0.2, 0) is 19.1 Å². The van der Waals surface area contributed by atoms with Gasteiger partial charge in [-0.05, 0) is 61.6 Å². The number of Topliss-reactive ketones (excluding diaryl/α,β-unsaturated/α-hetero) is 1. The number of halogens is 1. The second-order valence-electron chi connectivity index (χ2n) is 9.80. The molecule has 0 spiro atoms. The number of hydrogen-bond acceptors (Lipinski definition) is 9. The van der Waals surface area contributed by atoms with E-state index in [0.29, 0.717) is 63.0 Å². The van der Waals surface area contributed by atoms with Crippen LogP contribution in [0.2, 0.25) is 0 Å². The van der Waals surface area contributed by atoms with Gasteiger partial charge in [0.1, 0.15) is 12.5 Å². The fraction of sp³-hybridized carbons (Fsp3) is 0.452. The topological polar surface area (TPSA) is 102 Å². The number of ether oxygens (including phenoxy) is 6. The van der Waals surface area contributed by atoms with Crippen LogP contribution in [0.1, 0.15) is 49.7 Å². The molecule has 2 aliphatic rings. The average Bonchev–Trinajstić information content (AvgIpc) is 2.97. The Hall–Kier alpha value is -3.37. The molecule has 2 aromatic rings. The molecular formula is C31H36BrNO8. The molecule has 0 N–H and O–H groups in total.